The number of benzene rings is 1. The van der Waals surface area contributed by atoms with Gasteiger partial charge in [-0.2, -0.15) is 0 Å². The molecule has 0 aliphatic carbocycles. The summed E-state index contributed by atoms with van der Waals surface area (Å²) in [5, 5.41) is 8.73. The standard InChI is InChI=1S/C15H13NO4/c1-16-12-4-2-9(6-10(12)7-14(16)17)13-5-3-11(20-13)8-15(18)19/h2-6H,7-8H2,1H3,(H,18,19). The fraction of sp³-hybridized carbons (Fsp3) is 0.200. The van der Waals surface area contributed by atoms with Crippen LogP contribution in [0, 0.1) is 0 Å². The van der Waals surface area contributed by atoms with Crippen LogP contribution < -0.4 is 4.90 Å². The predicted molar refractivity (Wildman–Crippen MR) is 72.6 cm³/mol. The van der Waals surface area contributed by atoms with Gasteiger partial charge in [0.05, 0.1) is 6.42 Å². The van der Waals surface area contributed by atoms with E-state index in [1.807, 2.05) is 18.2 Å². The summed E-state index contributed by atoms with van der Waals surface area (Å²) in [5.74, 6) is 0.183. The molecule has 1 aliphatic rings. The molecule has 0 unspecified atom stereocenters. The van der Waals surface area contributed by atoms with Crippen molar-refractivity contribution in [2.24, 2.45) is 0 Å². The molecule has 0 radical (unpaired) electrons. The highest BCUT2D eigenvalue weighted by atomic mass is 16.4. The van der Waals surface area contributed by atoms with E-state index >= 15 is 0 Å². The number of amides is 1. The number of carboxylic acid groups (broad SMARTS) is 1. The van der Waals surface area contributed by atoms with Crippen molar-refractivity contribution in [3.05, 3.63) is 41.7 Å². The number of hydrogen-bond acceptors (Lipinski definition) is 3. The number of carbonyl (C=O) groups is 2. The minimum absolute atomic E-state index is 0.0724. The van der Waals surface area contributed by atoms with E-state index in [9.17, 15) is 9.59 Å². The van der Waals surface area contributed by atoms with Gasteiger partial charge >= 0.3 is 5.97 Å². The molecule has 1 N–H and O–H groups in total. The molecule has 0 saturated heterocycles. The summed E-state index contributed by atoms with van der Waals surface area (Å²) in [6.07, 6.45) is 0.258. The first-order chi connectivity index (χ1) is 9.54. The van der Waals surface area contributed by atoms with Gasteiger partial charge in [-0.25, -0.2) is 0 Å². The topological polar surface area (TPSA) is 70.8 Å². The van der Waals surface area contributed by atoms with Crippen LogP contribution in [0.2, 0.25) is 0 Å². The second-order valence-corrected chi connectivity index (χ2v) is 4.81. The van der Waals surface area contributed by atoms with Gasteiger partial charge in [-0.05, 0) is 35.9 Å². The summed E-state index contributed by atoms with van der Waals surface area (Å²) in [6, 6.07) is 9.08. The molecule has 102 valence electrons. The first-order valence-corrected chi connectivity index (χ1v) is 6.25. The Morgan fingerprint density at radius 1 is 1.35 bits per heavy atom. The molecule has 1 aliphatic heterocycles. The third-order valence-corrected chi connectivity index (χ3v) is 3.43. The molecule has 1 aromatic carbocycles. The van der Waals surface area contributed by atoms with Crippen molar-refractivity contribution in [1.82, 2.24) is 0 Å². The minimum atomic E-state index is -0.924. The second-order valence-electron chi connectivity index (χ2n) is 4.81. The van der Waals surface area contributed by atoms with E-state index in [1.54, 1.807) is 24.1 Å². The molecule has 0 saturated carbocycles. The number of fused-ring (bicyclic) bond motifs is 1. The fourth-order valence-corrected chi connectivity index (χ4v) is 2.40. The minimum Gasteiger partial charge on any atom is -0.481 e. The summed E-state index contributed by atoms with van der Waals surface area (Å²) in [6.45, 7) is 0. The zero-order valence-corrected chi connectivity index (χ0v) is 10.9. The number of likely N-dealkylation sites (N-methyl/N-ethyl adjacent to an activating group) is 1. The Kier molecular flexibility index (Phi) is 2.82. The van der Waals surface area contributed by atoms with Crippen molar-refractivity contribution in [3.8, 4) is 11.3 Å². The third-order valence-electron chi connectivity index (χ3n) is 3.43. The molecule has 5 nitrogen and oxygen atoms in total. The van der Waals surface area contributed by atoms with Crippen LogP contribution in [-0.2, 0) is 22.4 Å². The lowest BCUT2D eigenvalue weighted by atomic mass is 10.1. The number of hydrogen-bond donors (Lipinski definition) is 1. The van der Waals surface area contributed by atoms with E-state index in [2.05, 4.69) is 0 Å². The number of carboxylic acids is 1. The predicted octanol–water partition coefficient (Wildman–Crippen LogP) is 2.09. The Morgan fingerprint density at radius 2 is 2.15 bits per heavy atom. The zero-order chi connectivity index (χ0) is 14.3. The van der Waals surface area contributed by atoms with Crippen molar-refractivity contribution in [1.29, 1.82) is 0 Å². The number of aliphatic carboxylic acids is 1. The van der Waals surface area contributed by atoms with Crippen LogP contribution in [0.4, 0.5) is 5.69 Å². The van der Waals surface area contributed by atoms with Gasteiger partial charge in [-0.1, -0.05) is 0 Å². The van der Waals surface area contributed by atoms with Gasteiger partial charge in [0, 0.05) is 18.3 Å². The molecule has 0 fully saturated rings. The number of rotatable bonds is 3. The summed E-state index contributed by atoms with van der Waals surface area (Å²) >= 11 is 0. The smallest absolute Gasteiger partial charge is 0.311 e. The lowest BCUT2D eigenvalue weighted by Gasteiger charge is -2.09. The molecule has 1 amide bonds. The summed E-state index contributed by atoms with van der Waals surface area (Å²) in [4.78, 5) is 23.9. The Labute approximate surface area is 115 Å². The number of nitrogens with zero attached hydrogens (tertiary/aromatic N) is 1. The van der Waals surface area contributed by atoms with Crippen LogP contribution in [-0.4, -0.2) is 24.0 Å². The highest BCUT2D eigenvalue weighted by Crippen LogP contribution is 2.32. The molecule has 1 aromatic heterocycles. The molecule has 0 spiro atoms. The largest absolute Gasteiger partial charge is 0.481 e. The highest BCUT2D eigenvalue weighted by Gasteiger charge is 2.24. The van der Waals surface area contributed by atoms with Crippen molar-refractivity contribution < 1.29 is 19.1 Å². The van der Waals surface area contributed by atoms with Gasteiger partial charge in [-0.15, -0.1) is 0 Å². The lowest BCUT2D eigenvalue weighted by molar-refractivity contribution is -0.136. The van der Waals surface area contributed by atoms with Crippen LogP contribution >= 0.6 is 0 Å². The zero-order valence-electron chi connectivity index (χ0n) is 10.9. The molecule has 0 bridgehead atoms. The highest BCUT2D eigenvalue weighted by molar-refractivity contribution is 6.01. The molecule has 5 heteroatoms. The van der Waals surface area contributed by atoms with Crippen LogP contribution in [0.5, 0.6) is 0 Å². The molecular weight excluding hydrogens is 258 g/mol. The molecule has 2 heterocycles. The Morgan fingerprint density at radius 3 is 2.90 bits per heavy atom. The van der Waals surface area contributed by atoms with Gasteiger partial charge in [0.15, 0.2) is 0 Å². The maximum atomic E-state index is 11.6. The normalized spacial score (nSPS) is 13.7. The van der Waals surface area contributed by atoms with E-state index in [0.717, 1.165) is 16.8 Å². The summed E-state index contributed by atoms with van der Waals surface area (Å²) < 4.78 is 5.51. The Hall–Kier alpha value is -2.56. The van der Waals surface area contributed by atoms with Gasteiger partial charge in [0.1, 0.15) is 17.9 Å². The van der Waals surface area contributed by atoms with Gasteiger partial charge < -0.3 is 14.4 Å². The van der Waals surface area contributed by atoms with E-state index in [1.165, 1.54) is 0 Å². The van der Waals surface area contributed by atoms with E-state index in [0.29, 0.717) is 17.9 Å². The van der Waals surface area contributed by atoms with Gasteiger partial charge in [0.2, 0.25) is 5.91 Å². The molecule has 20 heavy (non-hydrogen) atoms. The number of anilines is 1. The SMILES string of the molecule is CN1C(=O)Cc2cc(-c3ccc(CC(=O)O)o3)ccc21. The molecule has 2 aromatic rings. The van der Waals surface area contributed by atoms with Crippen molar-refractivity contribution >= 4 is 17.6 Å². The number of furan rings is 1. The Bertz CT molecular complexity index is 702. The average molecular weight is 271 g/mol. The van der Waals surface area contributed by atoms with Crippen LogP contribution in [0.3, 0.4) is 0 Å². The molecular formula is C15H13NO4. The van der Waals surface area contributed by atoms with Crippen molar-refractivity contribution in [2.75, 3.05) is 11.9 Å². The first-order valence-electron chi connectivity index (χ1n) is 6.25. The monoisotopic (exact) mass is 271 g/mol. The van der Waals surface area contributed by atoms with Crippen LogP contribution in [0.25, 0.3) is 11.3 Å². The maximum absolute atomic E-state index is 11.6. The molecule has 0 atom stereocenters. The first kappa shape index (κ1) is 12.5. The molecule has 3 rings (SSSR count). The average Bonchev–Trinajstić information content (AvgIpc) is 2.95. The lowest BCUT2D eigenvalue weighted by Crippen LogP contribution is -2.20. The van der Waals surface area contributed by atoms with Crippen LogP contribution in [0.15, 0.2) is 34.7 Å². The van der Waals surface area contributed by atoms with Gasteiger partial charge in [-0.3, -0.25) is 9.59 Å². The van der Waals surface area contributed by atoms with Crippen molar-refractivity contribution in [2.45, 2.75) is 12.8 Å². The number of carbonyl (C=O) groups excluding carboxylic acids is 1. The van der Waals surface area contributed by atoms with Crippen molar-refractivity contribution in [3.63, 3.8) is 0 Å². The second kappa shape index (κ2) is 4.52. The quantitative estimate of drug-likeness (QED) is 0.928. The summed E-state index contributed by atoms with van der Waals surface area (Å²) in [5.41, 5.74) is 2.73. The maximum Gasteiger partial charge on any atom is 0.311 e. The summed E-state index contributed by atoms with van der Waals surface area (Å²) in [7, 11) is 1.76. The van der Waals surface area contributed by atoms with E-state index < -0.39 is 5.97 Å². The van der Waals surface area contributed by atoms with E-state index in [-0.39, 0.29) is 12.3 Å². The fourth-order valence-electron chi connectivity index (χ4n) is 2.40. The van der Waals surface area contributed by atoms with E-state index in [4.69, 9.17) is 9.52 Å². The third kappa shape index (κ3) is 2.07. The Balaban J connectivity index is 1.92. The van der Waals surface area contributed by atoms with Gasteiger partial charge in [0.25, 0.3) is 0 Å². The van der Waals surface area contributed by atoms with Crippen LogP contribution in [0.1, 0.15) is 11.3 Å².